The van der Waals surface area contributed by atoms with Crippen molar-refractivity contribution in [2.24, 2.45) is 5.73 Å². The van der Waals surface area contributed by atoms with Gasteiger partial charge in [-0.25, -0.2) is 4.68 Å². The molecule has 1 aliphatic heterocycles. The number of hydrogen-bond donors (Lipinski definition) is 2. The van der Waals surface area contributed by atoms with Gasteiger partial charge in [0.2, 0.25) is 5.95 Å². The van der Waals surface area contributed by atoms with E-state index in [0.29, 0.717) is 0 Å². The number of aryl methyl sites for hydroxylation is 1. The maximum atomic E-state index is 6.22. The Bertz CT molecular complexity index is 865. The molecular formula is C23H32N6. The fourth-order valence-electron chi connectivity index (χ4n) is 3.47. The topological polar surface area (TPSA) is 81.7 Å². The number of nitrogens with two attached hydrogens (primary N) is 1. The molecular weight excluding hydrogens is 360 g/mol. The molecule has 0 bridgehead atoms. The SMILES string of the molecule is CCCCCCCCC1=CNc2nc(C)nn2C1N.c1ccc2ncccc2c1. The van der Waals surface area contributed by atoms with Crippen LogP contribution in [-0.4, -0.2) is 19.7 Å². The average molecular weight is 393 g/mol. The molecule has 6 nitrogen and oxygen atoms in total. The van der Waals surface area contributed by atoms with Gasteiger partial charge in [-0.05, 0) is 37.5 Å². The minimum Gasteiger partial charge on any atom is -0.331 e. The van der Waals surface area contributed by atoms with Crippen molar-refractivity contribution in [3.05, 3.63) is 60.2 Å². The minimum absolute atomic E-state index is 0.159. The van der Waals surface area contributed by atoms with Crippen LogP contribution in [0.5, 0.6) is 0 Å². The van der Waals surface area contributed by atoms with E-state index in [1.54, 1.807) is 4.68 Å². The molecule has 1 aliphatic rings. The van der Waals surface area contributed by atoms with E-state index in [0.717, 1.165) is 23.7 Å². The van der Waals surface area contributed by atoms with E-state index in [2.05, 4.69) is 39.4 Å². The van der Waals surface area contributed by atoms with Crippen LogP contribution in [0, 0.1) is 6.92 Å². The Hall–Kier alpha value is -2.73. The summed E-state index contributed by atoms with van der Waals surface area (Å²) in [7, 11) is 0. The quantitative estimate of drug-likeness (QED) is 0.531. The molecule has 0 aliphatic carbocycles. The van der Waals surface area contributed by atoms with Crippen molar-refractivity contribution in [2.45, 2.75) is 65.0 Å². The first-order chi connectivity index (χ1) is 14.2. The molecule has 0 fully saturated rings. The summed E-state index contributed by atoms with van der Waals surface area (Å²) in [5.74, 6) is 1.50. The van der Waals surface area contributed by atoms with E-state index in [1.807, 2.05) is 43.6 Å². The third kappa shape index (κ3) is 5.87. The van der Waals surface area contributed by atoms with Crippen molar-refractivity contribution in [3.63, 3.8) is 0 Å². The van der Waals surface area contributed by atoms with E-state index >= 15 is 0 Å². The zero-order chi connectivity index (χ0) is 20.5. The monoisotopic (exact) mass is 392 g/mol. The van der Waals surface area contributed by atoms with Gasteiger partial charge in [-0.15, -0.1) is 0 Å². The van der Waals surface area contributed by atoms with Gasteiger partial charge in [0, 0.05) is 17.8 Å². The second-order valence-corrected chi connectivity index (χ2v) is 7.45. The van der Waals surface area contributed by atoms with Crippen LogP contribution in [0.25, 0.3) is 10.9 Å². The predicted molar refractivity (Wildman–Crippen MR) is 119 cm³/mol. The van der Waals surface area contributed by atoms with Crippen LogP contribution in [0.1, 0.15) is 63.9 Å². The Labute approximate surface area is 173 Å². The number of hydrogen-bond acceptors (Lipinski definition) is 5. The maximum absolute atomic E-state index is 6.22. The van der Waals surface area contributed by atoms with Gasteiger partial charge in [0.25, 0.3) is 0 Å². The van der Waals surface area contributed by atoms with Crippen LogP contribution >= 0.6 is 0 Å². The Morgan fingerprint density at radius 3 is 2.62 bits per heavy atom. The number of anilines is 1. The van der Waals surface area contributed by atoms with Gasteiger partial charge in [0.15, 0.2) is 0 Å². The highest BCUT2D eigenvalue weighted by Crippen LogP contribution is 2.25. The molecule has 29 heavy (non-hydrogen) atoms. The van der Waals surface area contributed by atoms with Crippen LogP contribution in [0.4, 0.5) is 5.95 Å². The minimum atomic E-state index is -0.159. The Kier molecular flexibility index (Phi) is 7.76. The number of nitrogens with zero attached hydrogens (tertiary/aromatic N) is 4. The molecule has 0 radical (unpaired) electrons. The van der Waals surface area contributed by atoms with Crippen molar-refractivity contribution in [1.82, 2.24) is 19.7 Å². The summed E-state index contributed by atoms with van der Waals surface area (Å²) in [6, 6.07) is 12.1. The smallest absolute Gasteiger partial charge is 0.227 e. The molecule has 0 spiro atoms. The normalized spacial score (nSPS) is 15.1. The molecule has 0 amide bonds. The lowest BCUT2D eigenvalue weighted by atomic mass is 10.0. The average Bonchev–Trinajstić information content (AvgIpc) is 3.14. The van der Waals surface area contributed by atoms with E-state index in [9.17, 15) is 0 Å². The van der Waals surface area contributed by atoms with E-state index < -0.39 is 0 Å². The second kappa shape index (κ2) is 10.7. The summed E-state index contributed by atoms with van der Waals surface area (Å²) in [5.41, 5.74) is 8.49. The van der Waals surface area contributed by atoms with Crippen molar-refractivity contribution in [2.75, 3.05) is 5.32 Å². The summed E-state index contributed by atoms with van der Waals surface area (Å²) in [4.78, 5) is 8.46. The fourth-order valence-corrected chi connectivity index (χ4v) is 3.47. The highest BCUT2D eigenvalue weighted by Gasteiger charge is 2.21. The molecule has 3 aromatic rings. The molecule has 6 heteroatoms. The summed E-state index contributed by atoms with van der Waals surface area (Å²) < 4.78 is 1.78. The number of rotatable bonds is 7. The van der Waals surface area contributed by atoms with E-state index in [-0.39, 0.29) is 6.17 Å². The van der Waals surface area contributed by atoms with Crippen LogP contribution in [0.2, 0.25) is 0 Å². The van der Waals surface area contributed by atoms with Gasteiger partial charge < -0.3 is 11.1 Å². The summed E-state index contributed by atoms with van der Waals surface area (Å²) >= 11 is 0. The molecule has 1 aromatic carbocycles. The predicted octanol–water partition coefficient (Wildman–Crippen LogP) is 5.34. The molecule has 0 saturated heterocycles. The second-order valence-electron chi connectivity index (χ2n) is 7.45. The standard InChI is InChI=1S/C14H25N5.C9H7N/c1-3-4-5-6-7-8-9-12-10-16-14-17-11(2)18-19(14)13(12)15;1-2-6-9-8(4-1)5-3-7-10-9/h10,13H,3-9,15H2,1-2H3,(H,16,17,18);1-7H. The van der Waals surface area contributed by atoms with Crippen molar-refractivity contribution in [1.29, 1.82) is 0 Å². The lowest BCUT2D eigenvalue weighted by Gasteiger charge is -2.22. The summed E-state index contributed by atoms with van der Waals surface area (Å²) in [5, 5.41) is 8.70. The van der Waals surface area contributed by atoms with E-state index in [1.165, 1.54) is 49.5 Å². The molecule has 154 valence electrons. The number of benzene rings is 1. The highest BCUT2D eigenvalue weighted by atomic mass is 15.4. The van der Waals surface area contributed by atoms with Crippen molar-refractivity contribution >= 4 is 16.9 Å². The zero-order valence-electron chi connectivity index (χ0n) is 17.5. The van der Waals surface area contributed by atoms with Gasteiger partial charge >= 0.3 is 0 Å². The van der Waals surface area contributed by atoms with Crippen molar-refractivity contribution in [3.8, 4) is 0 Å². The van der Waals surface area contributed by atoms with Crippen LogP contribution in [-0.2, 0) is 0 Å². The number of fused-ring (bicyclic) bond motifs is 2. The molecule has 3 heterocycles. The Morgan fingerprint density at radius 2 is 1.79 bits per heavy atom. The van der Waals surface area contributed by atoms with Crippen LogP contribution < -0.4 is 11.1 Å². The number of para-hydroxylation sites is 1. The molecule has 2 aromatic heterocycles. The molecule has 1 unspecified atom stereocenters. The van der Waals surface area contributed by atoms with Crippen LogP contribution in [0.3, 0.4) is 0 Å². The lowest BCUT2D eigenvalue weighted by Crippen LogP contribution is -2.27. The number of aromatic nitrogens is 4. The van der Waals surface area contributed by atoms with Crippen molar-refractivity contribution < 1.29 is 0 Å². The number of unbranched alkanes of at least 4 members (excludes halogenated alkanes) is 5. The molecule has 4 rings (SSSR count). The van der Waals surface area contributed by atoms with Gasteiger partial charge in [0.05, 0.1) is 5.52 Å². The third-order valence-corrected chi connectivity index (χ3v) is 5.10. The first kappa shape index (κ1) is 21.0. The van der Waals surface area contributed by atoms with E-state index in [4.69, 9.17) is 5.73 Å². The van der Waals surface area contributed by atoms with Gasteiger partial charge in [0.1, 0.15) is 12.0 Å². The lowest BCUT2D eigenvalue weighted by molar-refractivity contribution is 0.497. The zero-order valence-corrected chi connectivity index (χ0v) is 17.5. The third-order valence-electron chi connectivity index (χ3n) is 5.10. The fraction of sp³-hybridized carbons (Fsp3) is 0.435. The Balaban J connectivity index is 0.000000200. The summed E-state index contributed by atoms with van der Waals surface area (Å²) in [6.45, 7) is 4.13. The van der Waals surface area contributed by atoms with Gasteiger partial charge in [-0.3, -0.25) is 4.98 Å². The largest absolute Gasteiger partial charge is 0.331 e. The molecule has 1 atom stereocenters. The van der Waals surface area contributed by atoms with Gasteiger partial charge in [-0.2, -0.15) is 10.1 Å². The van der Waals surface area contributed by atoms with Gasteiger partial charge in [-0.1, -0.05) is 63.3 Å². The Morgan fingerprint density at radius 1 is 1.03 bits per heavy atom. The summed E-state index contributed by atoms with van der Waals surface area (Å²) in [6.07, 6.45) is 12.5. The molecule has 0 saturated carbocycles. The first-order valence-corrected chi connectivity index (χ1v) is 10.6. The molecule has 3 N–H and O–H groups in total. The highest BCUT2D eigenvalue weighted by molar-refractivity contribution is 5.77. The maximum Gasteiger partial charge on any atom is 0.227 e. The first-order valence-electron chi connectivity index (χ1n) is 10.6. The van der Waals surface area contributed by atoms with Crippen LogP contribution in [0.15, 0.2) is 54.4 Å². The number of pyridine rings is 1. The number of nitrogens with one attached hydrogen (secondary N) is 1.